The van der Waals surface area contributed by atoms with Gasteiger partial charge in [-0.1, -0.05) is 23.7 Å². The third-order valence-corrected chi connectivity index (χ3v) is 4.57. The first kappa shape index (κ1) is 18.9. The highest BCUT2D eigenvalue weighted by Gasteiger charge is 2.08. The summed E-state index contributed by atoms with van der Waals surface area (Å²) in [5.41, 5.74) is 1.61. The zero-order valence-corrected chi connectivity index (χ0v) is 15.9. The van der Waals surface area contributed by atoms with E-state index in [1.165, 1.54) is 18.2 Å². The van der Waals surface area contributed by atoms with Crippen molar-refractivity contribution in [3.63, 3.8) is 0 Å². The minimum absolute atomic E-state index is 0.225. The summed E-state index contributed by atoms with van der Waals surface area (Å²) in [5.74, 6) is 0.911. The zero-order chi connectivity index (χ0) is 19.4. The van der Waals surface area contributed by atoms with Gasteiger partial charge in [0.25, 0.3) is 0 Å². The second-order valence-corrected chi connectivity index (χ2v) is 7.99. The van der Waals surface area contributed by atoms with Gasteiger partial charge in [0.1, 0.15) is 11.5 Å². The maximum Gasteiger partial charge on any atom is 0.229 e. The summed E-state index contributed by atoms with van der Waals surface area (Å²) in [6, 6.07) is 17.0. The van der Waals surface area contributed by atoms with E-state index in [9.17, 15) is 13.2 Å². The molecule has 5 nitrogen and oxygen atoms in total. The van der Waals surface area contributed by atoms with Crippen LogP contribution in [0.25, 0.3) is 17.4 Å². The van der Waals surface area contributed by atoms with Crippen LogP contribution in [-0.2, 0) is 10.0 Å². The number of halogens is 1. The number of ketones is 1. The molecule has 0 aliphatic rings. The number of furan rings is 1. The first-order valence-electron chi connectivity index (χ1n) is 7.97. The molecule has 1 N–H and O–H groups in total. The molecule has 0 fully saturated rings. The lowest BCUT2D eigenvalue weighted by atomic mass is 10.1. The lowest BCUT2D eigenvalue weighted by Gasteiger charge is -2.03. The van der Waals surface area contributed by atoms with Gasteiger partial charge >= 0.3 is 0 Å². The third-order valence-electron chi connectivity index (χ3n) is 3.64. The molecule has 0 spiro atoms. The number of benzene rings is 2. The first-order valence-corrected chi connectivity index (χ1v) is 10.2. The van der Waals surface area contributed by atoms with E-state index in [1.54, 1.807) is 36.4 Å². The Morgan fingerprint density at radius 3 is 2.41 bits per heavy atom. The molecule has 138 valence electrons. The lowest BCUT2D eigenvalue weighted by molar-refractivity contribution is 0.104. The van der Waals surface area contributed by atoms with Gasteiger partial charge in [-0.05, 0) is 60.7 Å². The predicted octanol–water partition coefficient (Wildman–Crippen LogP) is 4.87. The van der Waals surface area contributed by atoms with Crippen LogP contribution in [0.3, 0.4) is 0 Å². The Balaban J connectivity index is 1.71. The standard InChI is InChI=1S/C20H16ClNO4S/c1-27(24,25)22-15-8-6-14(7-9-15)19(23)12-10-16-11-13-20(26-16)17-4-2-3-5-18(17)21/h2-13,22H,1H3. The third kappa shape index (κ3) is 5.09. The number of allylic oxidation sites excluding steroid dienone is 1. The van der Waals surface area contributed by atoms with E-state index in [0.29, 0.717) is 27.8 Å². The predicted molar refractivity (Wildman–Crippen MR) is 107 cm³/mol. The van der Waals surface area contributed by atoms with Gasteiger partial charge in [-0.3, -0.25) is 9.52 Å². The van der Waals surface area contributed by atoms with Crippen molar-refractivity contribution in [3.05, 3.63) is 83.1 Å². The Bertz CT molecular complexity index is 1100. The van der Waals surface area contributed by atoms with Crippen molar-refractivity contribution in [2.24, 2.45) is 0 Å². The molecule has 7 heteroatoms. The van der Waals surface area contributed by atoms with E-state index in [4.69, 9.17) is 16.0 Å². The fourth-order valence-corrected chi connectivity index (χ4v) is 3.21. The van der Waals surface area contributed by atoms with Crippen molar-refractivity contribution in [1.29, 1.82) is 0 Å². The van der Waals surface area contributed by atoms with Gasteiger partial charge in [0.05, 0.1) is 11.3 Å². The van der Waals surface area contributed by atoms with E-state index in [0.717, 1.165) is 11.8 Å². The molecule has 0 amide bonds. The highest BCUT2D eigenvalue weighted by Crippen LogP contribution is 2.29. The van der Waals surface area contributed by atoms with Crippen molar-refractivity contribution in [2.75, 3.05) is 11.0 Å². The second kappa shape index (κ2) is 7.82. The lowest BCUT2D eigenvalue weighted by Crippen LogP contribution is -2.09. The maximum absolute atomic E-state index is 12.3. The molecular formula is C20H16ClNO4S. The topological polar surface area (TPSA) is 76.4 Å². The average Bonchev–Trinajstić information content (AvgIpc) is 3.08. The number of carbonyl (C=O) groups excluding carboxylic acids is 1. The summed E-state index contributed by atoms with van der Waals surface area (Å²) in [6.07, 6.45) is 4.04. The van der Waals surface area contributed by atoms with Gasteiger partial charge in [0.2, 0.25) is 10.0 Å². The van der Waals surface area contributed by atoms with Crippen LogP contribution in [0.5, 0.6) is 0 Å². The summed E-state index contributed by atoms with van der Waals surface area (Å²) < 4.78 is 30.4. The molecule has 0 bridgehead atoms. The Labute approximate surface area is 162 Å². The molecule has 3 rings (SSSR count). The van der Waals surface area contributed by atoms with Gasteiger partial charge in [-0.25, -0.2) is 8.42 Å². The van der Waals surface area contributed by atoms with Gasteiger partial charge in [-0.2, -0.15) is 0 Å². The molecule has 1 aromatic heterocycles. The normalized spacial score (nSPS) is 11.6. The minimum atomic E-state index is -3.35. The molecule has 0 saturated heterocycles. The molecule has 3 aromatic rings. The second-order valence-electron chi connectivity index (χ2n) is 5.83. The summed E-state index contributed by atoms with van der Waals surface area (Å²) in [7, 11) is -3.35. The number of carbonyl (C=O) groups is 1. The quantitative estimate of drug-likeness (QED) is 0.472. The van der Waals surface area contributed by atoms with Gasteiger partial charge in [-0.15, -0.1) is 0 Å². The van der Waals surface area contributed by atoms with E-state index in [1.807, 2.05) is 18.2 Å². The van der Waals surface area contributed by atoms with E-state index in [2.05, 4.69) is 4.72 Å². The highest BCUT2D eigenvalue weighted by atomic mass is 35.5. The average molecular weight is 402 g/mol. The minimum Gasteiger partial charge on any atom is -0.457 e. The highest BCUT2D eigenvalue weighted by molar-refractivity contribution is 7.92. The van der Waals surface area contributed by atoms with Crippen LogP contribution in [0, 0.1) is 0 Å². The first-order chi connectivity index (χ1) is 12.8. The largest absolute Gasteiger partial charge is 0.457 e. The Hall–Kier alpha value is -2.83. The van der Waals surface area contributed by atoms with Crippen LogP contribution in [0.4, 0.5) is 5.69 Å². The van der Waals surface area contributed by atoms with Gasteiger partial charge in [0, 0.05) is 16.8 Å². The molecule has 27 heavy (non-hydrogen) atoms. The number of rotatable bonds is 6. The fraction of sp³-hybridized carbons (Fsp3) is 0.0500. The van der Waals surface area contributed by atoms with Crippen molar-refractivity contribution in [1.82, 2.24) is 0 Å². The number of hydrogen-bond acceptors (Lipinski definition) is 4. The summed E-state index contributed by atoms with van der Waals surface area (Å²) in [6.45, 7) is 0. The number of hydrogen-bond donors (Lipinski definition) is 1. The van der Waals surface area contributed by atoms with E-state index < -0.39 is 10.0 Å². The van der Waals surface area contributed by atoms with Gasteiger partial charge in [0.15, 0.2) is 5.78 Å². The van der Waals surface area contributed by atoms with Crippen LogP contribution in [0.15, 0.2) is 71.2 Å². The summed E-state index contributed by atoms with van der Waals surface area (Å²) >= 11 is 6.15. The Kier molecular flexibility index (Phi) is 5.48. The van der Waals surface area contributed by atoms with Crippen LogP contribution in [-0.4, -0.2) is 20.5 Å². The molecular weight excluding hydrogens is 386 g/mol. The van der Waals surface area contributed by atoms with Crippen molar-refractivity contribution >= 4 is 39.2 Å². The van der Waals surface area contributed by atoms with Crippen molar-refractivity contribution in [3.8, 4) is 11.3 Å². The zero-order valence-electron chi connectivity index (χ0n) is 14.3. The molecule has 0 unspecified atom stereocenters. The molecule has 2 aromatic carbocycles. The summed E-state index contributed by atoms with van der Waals surface area (Å²) in [4.78, 5) is 12.3. The van der Waals surface area contributed by atoms with Crippen LogP contribution < -0.4 is 4.72 Å². The fourth-order valence-electron chi connectivity index (χ4n) is 2.42. The molecule has 1 heterocycles. The van der Waals surface area contributed by atoms with Crippen LogP contribution >= 0.6 is 11.6 Å². The van der Waals surface area contributed by atoms with E-state index >= 15 is 0 Å². The molecule has 0 aliphatic carbocycles. The summed E-state index contributed by atoms with van der Waals surface area (Å²) in [5, 5.41) is 0.584. The molecule has 0 atom stereocenters. The maximum atomic E-state index is 12.3. The van der Waals surface area contributed by atoms with Crippen LogP contribution in [0.2, 0.25) is 5.02 Å². The Morgan fingerprint density at radius 2 is 1.74 bits per heavy atom. The monoisotopic (exact) mass is 401 g/mol. The van der Waals surface area contributed by atoms with Crippen molar-refractivity contribution in [2.45, 2.75) is 0 Å². The molecule has 0 radical (unpaired) electrons. The molecule has 0 saturated carbocycles. The number of nitrogens with one attached hydrogen (secondary N) is 1. The van der Waals surface area contributed by atoms with E-state index in [-0.39, 0.29) is 5.78 Å². The number of sulfonamides is 1. The smallest absolute Gasteiger partial charge is 0.229 e. The molecule has 0 aliphatic heterocycles. The number of anilines is 1. The van der Waals surface area contributed by atoms with Gasteiger partial charge < -0.3 is 4.42 Å². The Morgan fingerprint density at radius 1 is 1.04 bits per heavy atom. The van der Waals surface area contributed by atoms with Crippen molar-refractivity contribution < 1.29 is 17.6 Å². The van der Waals surface area contributed by atoms with Crippen LogP contribution in [0.1, 0.15) is 16.1 Å². The SMILES string of the molecule is CS(=O)(=O)Nc1ccc(C(=O)C=Cc2ccc(-c3ccccc3Cl)o2)cc1.